The Balaban J connectivity index is 2.66. The Hall–Kier alpha value is -1.46. The van der Waals surface area contributed by atoms with Crippen molar-refractivity contribution in [1.82, 2.24) is 5.32 Å². The van der Waals surface area contributed by atoms with Crippen molar-refractivity contribution >= 4 is 5.69 Å². The molecule has 0 saturated carbocycles. The molecule has 0 heterocycles. The van der Waals surface area contributed by atoms with Gasteiger partial charge in [-0.2, -0.15) is 0 Å². The van der Waals surface area contributed by atoms with Gasteiger partial charge in [0, 0.05) is 18.7 Å². The van der Waals surface area contributed by atoms with Crippen LogP contribution in [0.4, 0.5) is 5.69 Å². The van der Waals surface area contributed by atoms with E-state index < -0.39 is 11.0 Å². The minimum atomic E-state index is -0.620. The Kier molecular flexibility index (Phi) is 4.20. The third-order valence-electron chi connectivity index (χ3n) is 2.08. The van der Waals surface area contributed by atoms with Gasteiger partial charge < -0.3 is 10.4 Å². The molecule has 0 spiro atoms. The van der Waals surface area contributed by atoms with E-state index in [1.807, 2.05) is 6.92 Å². The van der Waals surface area contributed by atoms with Crippen LogP contribution in [0.1, 0.15) is 18.6 Å². The molecular formula is C10H14N2O3. The van der Waals surface area contributed by atoms with E-state index in [1.165, 1.54) is 12.1 Å². The lowest BCUT2D eigenvalue weighted by Gasteiger charge is -2.10. The SMILES string of the molecule is CCNC[C@H](O)c1ccc([N+](=O)[O-])cc1. The van der Waals surface area contributed by atoms with Gasteiger partial charge >= 0.3 is 0 Å². The van der Waals surface area contributed by atoms with E-state index in [0.717, 1.165) is 6.54 Å². The predicted octanol–water partition coefficient (Wildman–Crippen LogP) is 1.24. The number of nitrogens with one attached hydrogen (secondary N) is 1. The zero-order valence-corrected chi connectivity index (χ0v) is 8.51. The highest BCUT2D eigenvalue weighted by atomic mass is 16.6. The molecule has 0 amide bonds. The molecule has 0 radical (unpaired) electrons. The minimum absolute atomic E-state index is 0.0365. The van der Waals surface area contributed by atoms with E-state index >= 15 is 0 Å². The molecule has 0 fully saturated rings. The Morgan fingerprint density at radius 3 is 2.53 bits per heavy atom. The van der Waals surface area contributed by atoms with Crippen molar-refractivity contribution in [2.45, 2.75) is 13.0 Å². The smallest absolute Gasteiger partial charge is 0.269 e. The number of aliphatic hydroxyl groups is 1. The zero-order valence-electron chi connectivity index (χ0n) is 8.51. The molecule has 1 rings (SSSR count). The highest BCUT2D eigenvalue weighted by Crippen LogP contribution is 2.16. The molecule has 0 aliphatic heterocycles. The second-order valence-corrected chi connectivity index (χ2v) is 3.17. The maximum atomic E-state index is 10.4. The van der Waals surface area contributed by atoms with E-state index in [9.17, 15) is 15.2 Å². The van der Waals surface area contributed by atoms with Gasteiger partial charge in [0.15, 0.2) is 0 Å². The van der Waals surface area contributed by atoms with Crippen LogP contribution in [0.3, 0.4) is 0 Å². The zero-order chi connectivity index (χ0) is 11.3. The van der Waals surface area contributed by atoms with Crippen LogP contribution in [-0.2, 0) is 0 Å². The molecule has 0 aliphatic carbocycles. The van der Waals surface area contributed by atoms with Gasteiger partial charge in [-0.15, -0.1) is 0 Å². The van der Waals surface area contributed by atoms with Crippen LogP contribution >= 0.6 is 0 Å². The number of non-ortho nitro benzene ring substituents is 1. The molecule has 0 aromatic heterocycles. The molecule has 0 unspecified atom stereocenters. The lowest BCUT2D eigenvalue weighted by Crippen LogP contribution is -2.20. The van der Waals surface area contributed by atoms with E-state index in [2.05, 4.69) is 5.32 Å². The van der Waals surface area contributed by atoms with Crippen LogP contribution in [0.25, 0.3) is 0 Å². The summed E-state index contributed by atoms with van der Waals surface area (Å²) in [5.74, 6) is 0. The molecule has 1 atom stereocenters. The van der Waals surface area contributed by atoms with Gasteiger partial charge in [0.1, 0.15) is 0 Å². The highest BCUT2D eigenvalue weighted by molar-refractivity contribution is 5.33. The summed E-state index contributed by atoms with van der Waals surface area (Å²) >= 11 is 0. The Labute approximate surface area is 87.9 Å². The summed E-state index contributed by atoms with van der Waals surface area (Å²) in [6, 6.07) is 5.93. The number of nitro groups is 1. The third kappa shape index (κ3) is 3.30. The van der Waals surface area contributed by atoms with Crippen LogP contribution in [0.15, 0.2) is 24.3 Å². The highest BCUT2D eigenvalue weighted by Gasteiger charge is 2.09. The number of hydrogen-bond donors (Lipinski definition) is 2. The minimum Gasteiger partial charge on any atom is -0.387 e. The van der Waals surface area contributed by atoms with Gasteiger partial charge in [-0.05, 0) is 24.2 Å². The molecule has 0 saturated heterocycles. The molecule has 1 aromatic rings. The van der Waals surface area contributed by atoms with Gasteiger partial charge in [-0.25, -0.2) is 0 Å². The third-order valence-corrected chi connectivity index (χ3v) is 2.08. The van der Waals surface area contributed by atoms with Crippen molar-refractivity contribution in [3.8, 4) is 0 Å². The van der Waals surface area contributed by atoms with Crippen molar-refractivity contribution in [1.29, 1.82) is 0 Å². The Morgan fingerprint density at radius 2 is 2.07 bits per heavy atom. The fraction of sp³-hybridized carbons (Fsp3) is 0.400. The number of likely N-dealkylation sites (N-methyl/N-ethyl adjacent to an activating group) is 1. The molecule has 0 bridgehead atoms. The maximum Gasteiger partial charge on any atom is 0.269 e. The second-order valence-electron chi connectivity index (χ2n) is 3.17. The number of benzene rings is 1. The number of nitrogens with zero attached hydrogens (tertiary/aromatic N) is 1. The first-order chi connectivity index (χ1) is 7.15. The second kappa shape index (κ2) is 5.43. The first-order valence-corrected chi connectivity index (χ1v) is 4.78. The van der Waals surface area contributed by atoms with Crippen LogP contribution in [0.5, 0.6) is 0 Å². The summed E-state index contributed by atoms with van der Waals surface area (Å²) in [5.41, 5.74) is 0.718. The van der Waals surface area contributed by atoms with E-state index in [4.69, 9.17) is 0 Å². The summed E-state index contributed by atoms with van der Waals surface area (Å²) in [7, 11) is 0. The average Bonchev–Trinajstić information content (AvgIpc) is 2.26. The van der Waals surface area contributed by atoms with Gasteiger partial charge in [-0.1, -0.05) is 6.92 Å². The lowest BCUT2D eigenvalue weighted by molar-refractivity contribution is -0.384. The van der Waals surface area contributed by atoms with E-state index in [0.29, 0.717) is 12.1 Å². The quantitative estimate of drug-likeness (QED) is 0.566. The van der Waals surface area contributed by atoms with Crippen molar-refractivity contribution in [2.75, 3.05) is 13.1 Å². The normalized spacial score (nSPS) is 12.4. The summed E-state index contributed by atoms with van der Waals surface area (Å²) in [6.07, 6.45) is -0.620. The molecule has 15 heavy (non-hydrogen) atoms. The number of aliphatic hydroxyl groups excluding tert-OH is 1. The van der Waals surface area contributed by atoms with E-state index in [1.54, 1.807) is 12.1 Å². The molecule has 82 valence electrons. The number of hydrogen-bond acceptors (Lipinski definition) is 4. The largest absolute Gasteiger partial charge is 0.387 e. The summed E-state index contributed by atoms with van der Waals surface area (Å²) in [6.45, 7) is 3.18. The Bertz CT molecular complexity index is 324. The van der Waals surface area contributed by atoms with Crippen LogP contribution < -0.4 is 5.32 Å². The van der Waals surface area contributed by atoms with Crippen LogP contribution in [0.2, 0.25) is 0 Å². The maximum absolute atomic E-state index is 10.4. The average molecular weight is 210 g/mol. The van der Waals surface area contributed by atoms with Crippen LogP contribution in [-0.4, -0.2) is 23.1 Å². The standard InChI is InChI=1S/C10H14N2O3/c1-2-11-7-10(13)8-3-5-9(6-4-8)12(14)15/h3-6,10-11,13H,2,7H2,1H3/t10-/m0/s1. The molecular weight excluding hydrogens is 196 g/mol. The fourth-order valence-electron chi connectivity index (χ4n) is 1.22. The molecule has 0 aliphatic rings. The van der Waals surface area contributed by atoms with Crippen molar-refractivity contribution in [2.24, 2.45) is 0 Å². The molecule has 5 nitrogen and oxygen atoms in total. The molecule has 5 heteroatoms. The molecule has 1 aromatic carbocycles. The first-order valence-electron chi connectivity index (χ1n) is 4.78. The first kappa shape index (κ1) is 11.6. The number of rotatable bonds is 5. The van der Waals surface area contributed by atoms with Crippen molar-refractivity contribution in [3.63, 3.8) is 0 Å². The summed E-state index contributed by atoms with van der Waals surface area (Å²) in [4.78, 5) is 9.93. The topological polar surface area (TPSA) is 75.4 Å². The molecule has 2 N–H and O–H groups in total. The van der Waals surface area contributed by atoms with Gasteiger partial charge in [0.25, 0.3) is 5.69 Å². The van der Waals surface area contributed by atoms with Crippen molar-refractivity contribution in [3.05, 3.63) is 39.9 Å². The monoisotopic (exact) mass is 210 g/mol. The predicted molar refractivity (Wildman–Crippen MR) is 56.6 cm³/mol. The lowest BCUT2D eigenvalue weighted by atomic mass is 10.1. The summed E-state index contributed by atoms with van der Waals surface area (Å²) in [5, 5.41) is 23.0. The summed E-state index contributed by atoms with van der Waals surface area (Å²) < 4.78 is 0. The number of nitro benzene ring substituents is 1. The van der Waals surface area contributed by atoms with Crippen LogP contribution in [0, 0.1) is 10.1 Å². The van der Waals surface area contributed by atoms with Gasteiger partial charge in [0.2, 0.25) is 0 Å². The van der Waals surface area contributed by atoms with Crippen molar-refractivity contribution < 1.29 is 10.0 Å². The Morgan fingerprint density at radius 1 is 1.47 bits per heavy atom. The van der Waals surface area contributed by atoms with E-state index in [-0.39, 0.29) is 5.69 Å². The van der Waals surface area contributed by atoms with Gasteiger partial charge in [0.05, 0.1) is 11.0 Å². The fourth-order valence-corrected chi connectivity index (χ4v) is 1.22. The van der Waals surface area contributed by atoms with Gasteiger partial charge in [-0.3, -0.25) is 10.1 Å².